The molecule has 0 aromatic heterocycles. The fourth-order valence-corrected chi connectivity index (χ4v) is 2.42. The third kappa shape index (κ3) is 2.13. The molecular weight excluding hydrogens is 262 g/mol. The SMILES string of the molecule is C[C@]12C=CC(=O)C[C@H]1O[C@H](c1ccc([N+](=O)[O-])cc1)O2. The number of hydrogen-bond donors (Lipinski definition) is 0. The van der Waals surface area contributed by atoms with Crippen molar-refractivity contribution >= 4 is 11.5 Å². The zero-order chi connectivity index (χ0) is 14.3. The van der Waals surface area contributed by atoms with Gasteiger partial charge in [0.25, 0.3) is 5.69 Å². The number of ketones is 1. The molecule has 104 valence electrons. The standard InChI is InChI=1S/C14H13NO5/c1-14-7-6-11(16)8-12(14)19-13(20-14)9-2-4-10(5-3-9)15(17)18/h2-7,12-13H,8H2,1H3/t12-,13+,14+/m1/s1. The lowest BCUT2D eigenvalue weighted by Crippen LogP contribution is -2.38. The molecule has 3 rings (SSSR count). The first-order chi connectivity index (χ1) is 9.48. The van der Waals surface area contributed by atoms with E-state index >= 15 is 0 Å². The van der Waals surface area contributed by atoms with Gasteiger partial charge in [0.05, 0.1) is 4.92 Å². The summed E-state index contributed by atoms with van der Waals surface area (Å²) in [7, 11) is 0. The van der Waals surface area contributed by atoms with E-state index in [4.69, 9.17) is 9.47 Å². The number of carbonyl (C=O) groups is 1. The summed E-state index contributed by atoms with van der Waals surface area (Å²) in [6, 6.07) is 6.03. The maximum Gasteiger partial charge on any atom is 0.269 e. The summed E-state index contributed by atoms with van der Waals surface area (Å²) in [5, 5.41) is 10.6. The minimum Gasteiger partial charge on any atom is -0.341 e. The van der Waals surface area contributed by atoms with Crippen LogP contribution in [0.5, 0.6) is 0 Å². The lowest BCUT2D eigenvalue weighted by molar-refractivity contribution is -0.384. The largest absolute Gasteiger partial charge is 0.341 e. The maximum absolute atomic E-state index is 11.4. The highest BCUT2D eigenvalue weighted by atomic mass is 16.7. The van der Waals surface area contributed by atoms with Gasteiger partial charge in [-0.05, 0) is 31.2 Å². The van der Waals surface area contributed by atoms with Gasteiger partial charge in [-0.25, -0.2) is 0 Å². The fraction of sp³-hybridized carbons (Fsp3) is 0.357. The van der Waals surface area contributed by atoms with Gasteiger partial charge in [-0.1, -0.05) is 0 Å². The summed E-state index contributed by atoms with van der Waals surface area (Å²) in [6.45, 7) is 1.87. The Labute approximate surface area is 115 Å². The van der Waals surface area contributed by atoms with Crippen molar-refractivity contribution in [2.45, 2.75) is 31.3 Å². The highest BCUT2D eigenvalue weighted by molar-refractivity contribution is 5.91. The Hall–Kier alpha value is -2.05. The van der Waals surface area contributed by atoms with Crippen LogP contribution in [0.2, 0.25) is 0 Å². The zero-order valence-corrected chi connectivity index (χ0v) is 10.8. The quantitative estimate of drug-likeness (QED) is 0.611. The molecule has 6 heteroatoms. The van der Waals surface area contributed by atoms with Gasteiger partial charge in [0.15, 0.2) is 12.1 Å². The molecule has 20 heavy (non-hydrogen) atoms. The van der Waals surface area contributed by atoms with Crippen LogP contribution in [0.25, 0.3) is 0 Å². The fourth-order valence-electron chi connectivity index (χ4n) is 2.42. The number of rotatable bonds is 2. The first kappa shape index (κ1) is 13.0. The van der Waals surface area contributed by atoms with Crippen LogP contribution in [-0.4, -0.2) is 22.4 Å². The van der Waals surface area contributed by atoms with Gasteiger partial charge in [-0.15, -0.1) is 0 Å². The van der Waals surface area contributed by atoms with Crippen LogP contribution >= 0.6 is 0 Å². The number of nitro benzene ring substituents is 1. The summed E-state index contributed by atoms with van der Waals surface area (Å²) in [6.07, 6.45) is 2.59. The monoisotopic (exact) mass is 275 g/mol. The topological polar surface area (TPSA) is 78.7 Å². The molecule has 0 saturated carbocycles. The molecule has 0 amide bonds. The van der Waals surface area contributed by atoms with E-state index in [-0.39, 0.29) is 24.0 Å². The van der Waals surface area contributed by atoms with Crippen molar-refractivity contribution in [2.24, 2.45) is 0 Å². The predicted molar refractivity (Wildman–Crippen MR) is 69.0 cm³/mol. The van der Waals surface area contributed by atoms with Crippen LogP contribution in [0, 0.1) is 10.1 Å². The van der Waals surface area contributed by atoms with E-state index in [0.29, 0.717) is 5.56 Å². The average Bonchev–Trinajstić information content (AvgIpc) is 2.76. The first-order valence-electron chi connectivity index (χ1n) is 6.28. The summed E-state index contributed by atoms with van der Waals surface area (Å²) >= 11 is 0. The zero-order valence-electron chi connectivity index (χ0n) is 10.8. The van der Waals surface area contributed by atoms with Crippen molar-refractivity contribution in [2.75, 3.05) is 0 Å². The molecule has 1 aliphatic heterocycles. The van der Waals surface area contributed by atoms with Crippen LogP contribution in [0.15, 0.2) is 36.4 Å². The Morgan fingerprint density at radius 3 is 2.70 bits per heavy atom. The number of carbonyl (C=O) groups excluding carboxylic acids is 1. The molecule has 2 aliphatic rings. The molecule has 1 aromatic carbocycles. The van der Waals surface area contributed by atoms with E-state index in [1.807, 2.05) is 6.92 Å². The molecular formula is C14H13NO5. The second-order valence-corrected chi connectivity index (χ2v) is 5.11. The lowest BCUT2D eigenvalue weighted by atomic mass is 9.89. The Morgan fingerprint density at radius 1 is 1.35 bits per heavy atom. The van der Waals surface area contributed by atoms with Gasteiger partial charge in [0.2, 0.25) is 0 Å². The molecule has 0 radical (unpaired) electrons. The molecule has 1 fully saturated rings. The average molecular weight is 275 g/mol. The van der Waals surface area contributed by atoms with Crippen molar-refractivity contribution in [3.8, 4) is 0 Å². The smallest absolute Gasteiger partial charge is 0.269 e. The Morgan fingerprint density at radius 2 is 2.05 bits per heavy atom. The van der Waals surface area contributed by atoms with Crippen LogP contribution in [0.1, 0.15) is 25.2 Å². The Balaban J connectivity index is 1.82. The number of allylic oxidation sites excluding steroid dienone is 1. The highest BCUT2D eigenvalue weighted by Crippen LogP contribution is 2.42. The third-order valence-corrected chi connectivity index (χ3v) is 3.65. The number of hydrogen-bond acceptors (Lipinski definition) is 5. The highest BCUT2D eigenvalue weighted by Gasteiger charge is 2.47. The van der Waals surface area contributed by atoms with E-state index in [1.165, 1.54) is 18.2 Å². The molecule has 1 aliphatic carbocycles. The van der Waals surface area contributed by atoms with Gasteiger partial charge in [0, 0.05) is 24.1 Å². The molecule has 0 bridgehead atoms. The van der Waals surface area contributed by atoms with Crippen molar-refractivity contribution in [1.29, 1.82) is 0 Å². The molecule has 1 heterocycles. The summed E-state index contributed by atoms with van der Waals surface area (Å²) in [5.74, 6) is 0.0143. The molecule has 0 N–H and O–H groups in total. The van der Waals surface area contributed by atoms with Gasteiger partial charge in [0.1, 0.15) is 11.7 Å². The molecule has 3 atom stereocenters. The van der Waals surface area contributed by atoms with E-state index < -0.39 is 16.8 Å². The van der Waals surface area contributed by atoms with E-state index in [2.05, 4.69) is 0 Å². The van der Waals surface area contributed by atoms with Crippen LogP contribution in [0.3, 0.4) is 0 Å². The van der Waals surface area contributed by atoms with E-state index in [0.717, 1.165) is 0 Å². The van der Waals surface area contributed by atoms with Gasteiger partial charge in [-0.2, -0.15) is 0 Å². The predicted octanol–water partition coefficient (Wildman–Crippen LogP) is 2.30. The van der Waals surface area contributed by atoms with Gasteiger partial charge >= 0.3 is 0 Å². The second-order valence-electron chi connectivity index (χ2n) is 5.11. The second kappa shape index (κ2) is 4.50. The number of nitrogens with zero attached hydrogens (tertiary/aromatic N) is 1. The summed E-state index contributed by atoms with van der Waals surface area (Å²) in [5.41, 5.74) is 0.0953. The van der Waals surface area contributed by atoms with E-state index in [9.17, 15) is 14.9 Å². The molecule has 0 spiro atoms. The van der Waals surface area contributed by atoms with Crippen LogP contribution in [-0.2, 0) is 14.3 Å². The summed E-state index contributed by atoms with van der Waals surface area (Å²) < 4.78 is 11.6. The normalized spacial score (nSPS) is 32.1. The van der Waals surface area contributed by atoms with Crippen LogP contribution in [0.4, 0.5) is 5.69 Å². The number of ether oxygens (including phenoxy) is 2. The number of benzene rings is 1. The minimum atomic E-state index is -0.625. The van der Waals surface area contributed by atoms with Gasteiger partial charge < -0.3 is 9.47 Å². The number of nitro groups is 1. The van der Waals surface area contributed by atoms with Crippen molar-refractivity contribution < 1.29 is 19.2 Å². The molecule has 0 unspecified atom stereocenters. The number of non-ortho nitro benzene ring substituents is 1. The molecule has 6 nitrogen and oxygen atoms in total. The van der Waals surface area contributed by atoms with E-state index in [1.54, 1.807) is 18.2 Å². The van der Waals surface area contributed by atoms with Crippen molar-refractivity contribution in [3.05, 3.63) is 52.1 Å². The first-order valence-corrected chi connectivity index (χ1v) is 6.28. The maximum atomic E-state index is 11.4. The Bertz CT molecular complexity index is 594. The van der Waals surface area contributed by atoms with Crippen LogP contribution < -0.4 is 0 Å². The molecule has 1 aromatic rings. The van der Waals surface area contributed by atoms with Crippen molar-refractivity contribution in [1.82, 2.24) is 0 Å². The number of fused-ring (bicyclic) bond motifs is 1. The third-order valence-electron chi connectivity index (χ3n) is 3.65. The molecule has 1 saturated heterocycles. The minimum absolute atomic E-state index is 0.0143. The summed E-state index contributed by atoms with van der Waals surface area (Å²) in [4.78, 5) is 21.6. The van der Waals surface area contributed by atoms with Crippen molar-refractivity contribution in [3.63, 3.8) is 0 Å². The Kier molecular flexibility index (Phi) is 2.92. The van der Waals surface area contributed by atoms with Gasteiger partial charge in [-0.3, -0.25) is 14.9 Å². The lowest BCUT2D eigenvalue weighted by Gasteiger charge is -2.26.